The third-order valence-corrected chi connectivity index (χ3v) is 4.04. The van der Waals surface area contributed by atoms with Gasteiger partial charge in [0.15, 0.2) is 5.96 Å². The molecule has 0 amide bonds. The summed E-state index contributed by atoms with van der Waals surface area (Å²) < 4.78 is 0. The van der Waals surface area contributed by atoms with E-state index in [-0.39, 0.29) is 24.0 Å². The first-order valence-electron chi connectivity index (χ1n) is 6.56. The highest BCUT2D eigenvalue weighted by Gasteiger charge is 2.38. The summed E-state index contributed by atoms with van der Waals surface area (Å²) in [5.41, 5.74) is 9.82. The number of benzene rings is 1. The first kappa shape index (κ1) is 16.3. The van der Waals surface area contributed by atoms with Crippen LogP contribution in [-0.2, 0) is 0 Å². The maximum absolute atomic E-state index is 5.96. The Morgan fingerprint density at radius 3 is 2.47 bits per heavy atom. The largest absolute Gasteiger partial charge is 0.370 e. The van der Waals surface area contributed by atoms with Crippen molar-refractivity contribution >= 4 is 35.6 Å². The first-order valence-corrected chi connectivity index (χ1v) is 6.56. The van der Waals surface area contributed by atoms with E-state index in [2.05, 4.69) is 50.1 Å². The van der Waals surface area contributed by atoms with Crippen molar-refractivity contribution in [1.82, 2.24) is 0 Å². The Labute approximate surface area is 133 Å². The molecule has 0 spiro atoms. The van der Waals surface area contributed by atoms with Crippen LogP contribution in [0.25, 0.3) is 0 Å². The standard InChI is InChI=1S/C15H23N3.HI/c1-10-5-6-12(9-11(10)2)17-14(16)18-13-7-8-15(13,3)4;/h5-6,9,13H,7-8H2,1-4H3,(H3,16,17,18);1H. The Balaban J connectivity index is 0.00000180. The number of hydrogen-bond donors (Lipinski definition) is 2. The van der Waals surface area contributed by atoms with Crippen molar-refractivity contribution in [3.63, 3.8) is 0 Å². The number of aliphatic imine (C=N–C) groups is 1. The molecule has 0 aromatic heterocycles. The van der Waals surface area contributed by atoms with E-state index in [1.54, 1.807) is 0 Å². The molecule has 0 aliphatic heterocycles. The van der Waals surface area contributed by atoms with Gasteiger partial charge in [-0.15, -0.1) is 24.0 Å². The number of aryl methyl sites for hydroxylation is 2. The summed E-state index contributed by atoms with van der Waals surface area (Å²) in [5.74, 6) is 0.524. The molecule has 19 heavy (non-hydrogen) atoms. The molecule has 1 saturated carbocycles. The molecule has 0 heterocycles. The van der Waals surface area contributed by atoms with Crippen molar-refractivity contribution in [3.8, 4) is 0 Å². The molecule has 1 aliphatic rings. The molecule has 0 saturated heterocycles. The third kappa shape index (κ3) is 3.84. The average molecular weight is 373 g/mol. The topological polar surface area (TPSA) is 50.4 Å². The summed E-state index contributed by atoms with van der Waals surface area (Å²) in [6.45, 7) is 8.69. The number of hydrogen-bond acceptors (Lipinski definition) is 1. The maximum Gasteiger partial charge on any atom is 0.193 e. The van der Waals surface area contributed by atoms with Gasteiger partial charge in [-0.2, -0.15) is 0 Å². The molecule has 3 nitrogen and oxygen atoms in total. The molecule has 1 aliphatic carbocycles. The lowest BCUT2D eigenvalue weighted by Crippen LogP contribution is -2.40. The molecule has 106 valence electrons. The van der Waals surface area contributed by atoms with Gasteiger partial charge in [-0.05, 0) is 55.4 Å². The quantitative estimate of drug-likeness (QED) is 0.470. The molecule has 1 aromatic carbocycles. The molecule has 0 radical (unpaired) electrons. The summed E-state index contributed by atoms with van der Waals surface area (Å²) in [7, 11) is 0. The number of anilines is 1. The smallest absolute Gasteiger partial charge is 0.193 e. The summed E-state index contributed by atoms with van der Waals surface area (Å²) in [6, 6.07) is 6.59. The SMILES string of the molecule is Cc1ccc(NC(N)=NC2CCC2(C)C)cc1C.I. The van der Waals surface area contributed by atoms with Crippen LogP contribution in [0.4, 0.5) is 5.69 Å². The minimum Gasteiger partial charge on any atom is -0.370 e. The molecular formula is C15H24IN3. The molecule has 3 N–H and O–H groups in total. The van der Waals surface area contributed by atoms with Gasteiger partial charge in [-0.1, -0.05) is 19.9 Å². The highest BCUT2D eigenvalue weighted by molar-refractivity contribution is 14.0. The van der Waals surface area contributed by atoms with Gasteiger partial charge in [0.05, 0.1) is 6.04 Å². The van der Waals surface area contributed by atoms with Crippen LogP contribution in [0.3, 0.4) is 0 Å². The normalized spacial score (nSPS) is 21.3. The zero-order chi connectivity index (χ0) is 13.3. The van der Waals surface area contributed by atoms with E-state index in [0.29, 0.717) is 17.4 Å². The number of guanidine groups is 1. The number of rotatable bonds is 2. The number of nitrogens with two attached hydrogens (primary N) is 1. The summed E-state index contributed by atoms with van der Waals surface area (Å²) in [4.78, 5) is 4.57. The Kier molecular flexibility index (Phi) is 5.24. The molecule has 0 bridgehead atoms. The molecule has 4 heteroatoms. The van der Waals surface area contributed by atoms with Crippen molar-refractivity contribution < 1.29 is 0 Å². The molecular weight excluding hydrogens is 349 g/mol. The van der Waals surface area contributed by atoms with Crippen molar-refractivity contribution in [2.75, 3.05) is 5.32 Å². The minimum absolute atomic E-state index is 0. The van der Waals surface area contributed by atoms with E-state index >= 15 is 0 Å². The average Bonchev–Trinajstić information content (AvgIpc) is 2.30. The second-order valence-electron chi connectivity index (χ2n) is 5.98. The summed E-state index contributed by atoms with van der Waals surface area (Å²) in [6.07, 6.45) is 2.38. The number of nitrogens with zero attached hydrogens (tertiary/aromatic N) is 1. The van der Waals surface area contributed by atoms with Gasteiger partial charge >= 0.3 is 0 Å². The van der Waals surface area contributed by atoms with E-state index in [0.717, 1.165) is 12.1 Å². The van der Waals surface area contributed by atoms with E-state index in [9.17, 15) is 0 Å². The second-order valence-corrected chi connectivity index (χ2v) is 5.98. The van der Waals surface area contributed by atoms with Gasteiger partial charge in [0.2, 0.25) is 0 Å². The van der Waals surface area contributed by atoms with Crippen LogP contribution in [0.15, 0.2) is 23.2 Å². The lowest BCUT2D eigenvalue weighted by Gasteiger charge is -2.41. The predicted molar refractivity (Wildman–Crippen MR) is 93.4 cm³/mol. The fraction of sp³-hybridized carbons (Fsp3) is 0.533. The van der Waals surface area contributed by atoms with Gasteiger partial charge in [-0.3, -0.25) is 0 Å². The minimum atomic E-state index is 0. The lowest BCUT2D eigenvalue weighted by molar-refractivity contribution is 0.145. The van der Waals surface area contributed by atoms with Crippen LogP contribution in [0.1, 0.15) is 37.8 Å². The van der Waals surface area contributed by atoms with Crippen molar-refractivity contribution in [2.24, 2.45) is 16.1 Å². The van der Waals surface area contributed by atoms with Crippen LogP contribution in [0.2, 0.25) is 0 Å². The fourth-order valence-corrected chi connectivity index (χ4v) is 2.26. The van der Waals surface area contributed by atoms with Gasteiger partial charge in [0.25, 0.3) is 0 Å². The fourth-order valence-electron chi connectivity index (χ4n) is 2.26. The number of halogens is 1. The summed E-state index contributed by atoms with van der Waals surface area (Å²) in [5, 5.41) is 3.17. The Hall–Kier alpha value is -0.780. The molecule has 1 unspecified atom stereocenters. The van der Waals surface area contributed by atoms with Crippen LogP contribution in [0, 0.1) is 19.3 Å². The highest BCUT2D eigenvalue weighted by Crippen LogP contribution is 2.42. The van der Waals surface area contributed by atoms with Gasteiger partial charge < -0.3 is 11.1 Å². The van der Waals surface area contributed by atoms with Crippen LogP contribution in [0.5, 0.6) is 0 Å². The van der Waals surface area contributed by atoms with Crippen molar-refractivity contribution in [2.45, 2.75) is 46.6 Å². The Bertz CT molecular complexity index is 480. The van der Waals surface area contributed by atoms with E-state index in [1.165, 1.54) is 17.5 Å². The van der Waals surface area contributed by atoms with Crippen LogP contribution >= 0.6 is 24.0 Å². The zero-order valence-corrected chi connectivity index (χ0v) is 14.5. The van der Waals surface area contributed by atoms with E-state index in [1.807, 2.05) is 6.07 Å². The Morgan fingerprint density at radius 2 is 2.00 bits per heavy atom. The van der Waals surface area contributed by atoms with Crippen molar-refractivity contribution in [1.29, 1.82) is 0 Å². The third-order valence-electron chi connectivity index (χ3n) is 4.04. The van der Waals surface area contributed by atoms with Gasteiger partial charge in [0.1, 0.15) is 0 Å². The predicted octanol–water partition coefficient (Wildman–Crippen LogP) is 3.84. The maximum atomic E-state index is 5.96. The lowest BCUT2D eigenvalue weighted by atomic mass is 9.68. The first-order chi connectivity index (χ1) is 8.38. The van der Waals surface area contributed by atoms with E-state index < -0.39 is 0 Å². The number of nitrogens with one attached hydrogen (secondary N) is 1. The Morgan fingerprint density at radius 1 is 1.32 bits per heavy atom. The molecule has 2 rings (SSSR count). The summed E-state index contributed by atoms with van der Waals surface area (Å²) >= 11 is 0. The van der Waals surface area contributed by atoms with E-state index in [4.69, 9.17) is 5.73 Å². The molecule has 1 aromatic rings. The van der Waals surface area contributed by atoms with Gasteiger partial charge in [-0.25, -0.2) is 4.99 Å². The van der Waals surface area contributed by atoms with Crippen LogP contribution < -0.4 is 11.1 Å². The van der Waals surface area contributed by atoms with Crippen molar-refractivity contribution in [3.05, 3.63) is 29.3 Å². The van der Waals surface area contributed by atoms with Gasteiger partial charge in [0, 0.05) is 5.69 Å². The monoisotopic (exact) mass is 373 g/mol. The second kappa shape index (κ2) is 6.11. The zero-order valence-electron chi connectivity index (χ0n) is 12.2. The molecule has 1 atom stereocenters. The van der Waals surface area contributed by atoms with Crippen LogP contribution in [-0.4, -0.2) is 12.0 Å². The molecule has 1 fully saturated rings. The highest BCUT2D eigenvalue weighted by atomic mass is 127.